The molecule has 4 aromatic rings. The van der Waals surface area contributed by atoms with Crippen LogP contribution < -0.4 is 4.74 Å². The van der Waals surface area contributed by atoms with Gasteiger partial charge in [-0.05, 0) is 62.5 Å². The highest BCUT2D eigenvalue weighted by Crippen LogP contribution is 2.35. The van der Waals surface area contributed by atoms with Crippen molar-refractivity contribution in [2.45, 2.75) is 51.0 Å². The van der Waals surface area contributed by atoms with E-state index in [2.05, 4.69) is 14.5 Å². The van der Waals surface area contributed by atoms with Gasteiger partial charge in [-0.15, -0.1) is 11.3 Å². The molecule has 2 aliphatic heterocycles. The molecule has 1 atom stereocenters. The molecule has 6 rings (SSSR count). The van der Waals surface area contributed by atoms with Crippen LogP contribution >= 0.6 is 11.3 Å². The number of carbonyl (C=O) groups is 1. The minimum absolute atomic E-state index is 0.0139. The predicted molar refractivity (Wildman–Crippen MR) is 146 cm³/mol. The van der Waals surface area contributed by atoms with Crippen LogP contribution in [0, 0.1) is 23.0 Å². The number of carboxylic acids is 1. The molecule has 1 N–H and O–H groups in total. The number of aromatic carboxylic acids is 1. The summed E-state index contributed by atoms with van der Waals surface area (Å²) < 4.78 is 42.2. The second kappa shape index (κ2) is 11.5. The zero-order chi connectivity index (χ0) is 28.5. The lowest BCUT2D eigenvalue weighted by atomic mass is 9.90. The maximum atomic E-state index is 14.3. The van der Waals surface area contributed by atoms with E-state index in [1.54, 1.807) is 6.07 Å². The van der Waals surface area contributed by atoms with E-state index in [4.69, 9.17) is 19.7 Å². The molecule has 2 aliphatic rings. The molecular weight excluding hydrogens is 552 g/mol. The maximum Gasteiger partial charge on any atom is 0.346 e. The van der Waals surface area contributed by atoms with Crippen molar-refractivity contribution >= 4 is 27.7 Å². The van der Waals surface area contributed by atoms with E-state index < -0.39 is 17.6 Å². The van der Waals surface area contributed by atoms with Gasteiger partial charge in [-0.25, -0.2) is 23.5 Å². The van der Waals surface area contributed by atoms with E-state index in [0.29, 0.717) is 23.5 Å². The third-order valence-corrected chi connectivity index (χ3v) is 8.71. The van der Waals surface area contributed by atoms with Crippen LogP contribution in [0.1, 0.15) is 57.4 Å². The van der Waals surface area contributed by atoms with E-state index >= 15 is 0 Å². The van der Waals surface area contributed by atoms with Crippen LogP contribution in [0.25, 0.3) is 10.3 Å². The molecule has 2 saturated heterocycles. The number of hydrogen-bond acceptors (Lipinski definition) is 8. The van der Waals surface area contributed by atoms with Crippen LogP contribution in [-0.2, 0) is 24.4 Å². The minimum atomic E-state index is -0.958. The highest BCUT2D eigenvalue weighted by molar-refractivity contribution is 7.20. The van der Waals surface area contributed by atoms with Crippen molar-refractivity contribution < 1.29 is 28.2 Å². The highest BCUT2D eigenvalue weighted by Gasteiger charge is 2.28. The molecule has 3 aromatic heterocycles. The third-order valence-electron chi connectivity index (χ3n) is 7.70. The molecule has 0 amide bonds. The molecule has 0 radical (unpaired) electrons. The van der Waals surface area contributed by atoms with Gasteiger partial charge in [0.15, 0.2) is 0 Å². The van der Waals surface area contributed by atoms with Crippen molar-refractivity contribution in [3.63, 3.8) is 0 Å². The SMILES string of the molecule is N#Cc1ccc(COc2ncc(F)cc2C2CCN(Cc3nc4sc(C(=O)O)cc4n3C[C@@H]3CCO3)CC2)c(F)c1. The summed E-state index contributed by atoms with van der Waals surface area (Å²) in [6, 6.07) is 9.22. The Morgan fingerprint density at radius 3 is 2.71 bits per heavy atom. The zero-order valence-corrected chi connectivity index (χ0v) is 22.9. The van der Waals surface area contributed by atoms with Gasteiger partial charge < -0.3 is 19.1 Å². The fraction of sp³-hybridized carbons (Fsp3) is 0.379. The average molecular weight is 580 g/mol. The van der Waals surface area contributed by atoms with Crippen molar-refractivity contribution in [1.29, 1.82) is 5.26 Å². The van der Waals surface area contributed by atoms with E-state index in [-0.39, 0.29) is 40.5 Å². The number of ether oxygens (including phenoxy) is 2. The number of rotatable bonds is 9. The fourth-order valence-corrected chi connectivity index (χ4v) is 6.25. The first-order valence-electron chi connectivity index (χ1n) is 13.4. The Hall–Kier alpha value is -3.92. The highest BCUT2D eigenvalue weighted by atomic mass is 32.1. The summed E-state index contributed by atoms with van der Waals surface area (Å²) in [6.07, 6.45) is 3.65. The third kappa shape index (κ3) is 5.79. The lowest BCUT2D eigenvalue weighted by Gasteiger charge is -2.33. The Labute approximate surface area is 238 Å². The van der Waals surface area contributed by atoms with Crippen molar-refractivity contribution in [1.82, 2.24) is 19.4 Å². The lowest BCUT2D eigenvalue weighted by molar-refractivity contribution is -0.0592. The number of halogens is 2. The largest absolute Gasteiger partial charge is 0.477 e. The summed E-state index contributed by atoms with van der Waals surface area (Å²) in [6.45, 7) is 3.37. The summed E-state index contributed by atoms with van der Waals surface area (Å²) in [5.74, 6) is -0.792. The van der Waals surface area contributed by atoms with E-state index in [1.807, 2.05) is 6.07 Å². The monoisotopic (exact) mass is 579 g/mol. The average Bonchev–Trinajstić information content (AvgIpc) is 3.49. The molecule has 0 saturated carbocycles. The molecule has 0 aliphatic carbocycles. The summed E-state index contributed by atoms with van der Waals surface area (Å²) in [7, 11) is 0. The predicted octanol–water partition coefficient (Wildman–Crippen LogP) is 5.09. The number of hydrogen-bond donors (Lipinski definition) is 1. The van der Waals surface area contributed by atoms with Crippen LogP contribution in [0.15, 0.2) is 36.5 Å². The van der Waals surface area contributed by atoms with Gasteiger partial charge in [0.05, 0.1) is 42.5 Å². The second-order valence-electron chi connectivity index (χ2n) is 10.3. The molecule has 2 fully saturated rings. The molecular formula is C29H27F2N5O4S. The van der Waals surface area contributed by atoms with Gasteiger partial charge in [0, 0.05) is 17.7 Å². The zero-order valence-electron chi connectivity index (χ0n) is 22.1. The lowest BCUT2D eigenvalue weighted by Crippen LogP contribution is -2.35. The van der Waals surface area contributed by atoms with Crippen LogP contribution in [0.3, 0.4) is 0 Å². The van der Waals surface area contributed by atoms with Gasteiger partial charge >= 0.3 is 5.97 Å². The topological polar surface area (TPSA) is 114 Å². The first kappa shape index (κ1) is 27.3. The smallest absolute Gasteiger partial charge is 0.346 e. The van der Waals surface area contributed by atoms with Gasteiger partial charge in [-0.1, -0.05) is 6.07 Å². The number of carboxylic acid groups (broad SMARTS) is 1. The normalized spacial score (nSPS) is 17.8. The van der Waals surface area contributed by atoms with E-state index in [1.165, 1.54) is 29.5 Å². The fourth-order valence-electron chi connectivity index (χ4n) is 5.36. The van der Waals surface area contributed by atoms with Crippen LogP contribution in [0.4, 0.5) is 8.78 Å². The standard InChI is InChI=1S/C29H27F2N5O4S/c30-20-10-22(27(33-13-20)40-16-19-2-1-17(12-32)9-23(19)31)18-3-6-35(7-4-18)15-26-34-28-24(11-25(41-28)29(37)38)36(26)14-21-5-8-39-21/h1-2,9-11,13,18,21H,3-8,14-16H2,(H,37,38)/t21-/m0/s1. The Kier molecular flexibility index (Phi) is 7.66. The quantitative estimate of drug-likeness (QED) is 0.292. The molecule has 12 heteroatoms. The van der Waals surface area contributed by atoms with Crippen molar-refractivity contribution in [3.05, 3.63) is 75.6 Å². The van der Waals surface area contributed by atoms with E-state index in [9.17, 15) is 18.7 Å². The summed E-state index contributed by atoms with van der Waals surface area (Å²) in [4.78, 5) is 23.7. The van der Waals surface area contributed by atoms with Gasteiger partial charge in [0.2, 0.25) is 5.88 Å². The second-order valence-corrected chi connectivity index (χ2v) is 11.4. The Bertz CT molecular complexity index is 1640. The molecule has 0 spiro atoms. The van der Waals surface area contributed by atoms with Gasteiger partial charge in [0.1, 0.15) is 33.8 Å². The number of pyridine rings is 1. The van der Waals surface area contributed by atoms with Crippen LogP contribution in [-0.4, -0.2) is 56.3 Å². The molecule has 212 valence electrons. The Morgan fingerprint density at radius 2 is 2.02 bits per heavy atom. The maximum absolute atomic E-state index is 14.3. The molecule has 0 bridgehead atoms. The van der Waals surface area contributed by atoms with Crippen molar-refractivity contribution in [3.8, 4) is 11.9 Å². The van der Waals surface area contributed by atoms with E-state index in [0.717, 1.165) is 62.6 Å². The van der Waals surface area contributed by atoms with Gasteiger partial charge in [-0.2, -0.15) is 5.26 Å². The Balaban J connectivity index is 1.14. The summed E-state index contributed by atoms with van der Waals surface area (Å²) in [5, 5.41) is 18.4. The number of nitriles is 1. The molecule has 1 aromatic carbocycles. The van der Waals surface area contributed by atoms with Gasteiger partial charge in [-0.3, -0.25) is 4.90 Å². The first-order chi connectivity index (χ1) is 19.9. The minimum Gasteiger partial charge on any atom is -0.477 e. The van der Waals surface area contributed by atoms with Crippen molar-refractivity contribution in [2.75, 3.05) is 19.7 Å². The van der Waals surface area contributed by atoms with Crippen molar-refractivity contribution in [2.24, 2.45) is 0 Å². The number of aromatic nitrogens is 3. The molecule has 5 heterocycles. The number of likely N-dealkylation sites (tertiary alicyclic amines) is 1. The number of nitrogens with zero attached hydrogens (tertiary/aromatic N) is 5. The number of fused-ring (bicyclic) bond motifs is 1. The number of piperidine rings is 1. The number of benzene rings is 1. The van der Waals surface area contributed by atoms with Crippen LogP contribution in [0.5, 0.6) is 5.88 Å². The molecule has 0 unspecified atom stereocenters. The summed E-state index contributed by atoms with van der Waals surface area (Å²) >= 11 is 1.18. The van der Waals surface area contributed by atoms with Gasteiger partial charge in [0.25, 0.3) is 0 Å². The summed E-state index contributed by atoms with van der Waals surface area (Å²) in [5.41, 5.74) is 1.99. The van der Waals surface area contributed by atoms with Crippen LogP contribution in [0.2, 0.25) is 0 Å². The molecule has 9 nitrogen and oxygen atoms in total. The number of thiophene rings is 1. The number of imidazole rings is 1. The molecule has 41 heavy (non-hydrogen) atoms. The Morgan fingerprint density at radius 1 is 1.22 bits per heavy atom. The first-order valence-corrected chi connectivity index (χ1v) is 14.2.